The van der Waals surface area contributed by atoms with Crippen LogP contribution in [-0.4, -0.2) is 5.54 Å². The highest BCUT2D eigenvalue weighted by atomic mass is 32.1. The van der Waals surface area contributed by atoms with Gasteiger partial charge in [0.2, 0.25) is 5.82 Å². The minimum absolute atomic E-state index is 0.379. The summed E-state index contributed by atoms with van der Waals surface area (Å²) >= 11 is 0.379. The third-order valence-corrected chi connectivity index (χ3v) is 2.53. The molecule has 2 nitrogen and oxygen atoms in total. The van der Waals surface area contributed by atoms with Crippen molar-refractivity contribution in [3.8, 4) is 0 Å². The molecule has 0 aliphatic rings. The van der Waals surface area contributed by atoms with Crippen LogP contribution in [0.3, 0.4) is 0 Å². The van der Waals surface area contributed by atoms with Gasteiger partial charge in [0.1, 0.15) is 0 Å². The molecule has 0 heterocycles. The summed E-state index contributed by atoms with van der Waals surface area (Å²) < 4.78 is 71.6. The fourth-order valence-electron chi connectivity index (χ4n) is 0.857. The van der Waals surface area contributed by atoms with Crippen LogP contribution in [0, 0.1) is 29.1 Å². The van der Waals surface area contributed by atoms with Crippen LogP contribution < -0.4 is 0 Å². The first kappa shape index (κ1) is 14.7. The Bertz CT molecular complexity index is 515. The lowest BCUT2D eigenvalue weighted by molar-refractivity contribution is 0.381. The molecule has 0 fully saturated rings. The normalized spacial score (nSPS) is 11.3. The van der Waals surface area contributed by atoms with Gasteiger partial charge < -0.3 is 0 Å². The average Bonchev–Trinajstić information content (AvgIpc) is 2.27. The number of rotatable bonds is 1. The van der Waals surface area contributed by atoms with Crippen LogP contribution in [0.15, 0.2) is 8.73 Å². The van der Waals surface area contributed by atoms with E-state index in [4.69, 9.17) is 0 Å². The SMILES string of the molecule is CC(C)(C)N=S=Nc1c(F)c(F)c(F)c(F)c1F. The summed E-state index contributed by atoms with van der Waals surface area (Å²) in [5.41, 5.74) is -1.79. The predicted octanol–water partition coefficient (Wildman–Crippen LogP) is 4.26. The van der Waals surface area contributed by atoms with Gasteiger partial charge in [-0.3, -0.25) is 0 Å². The Balaban J connectivity index is 3.40. The summed E-state index contributed by atoms with van der Waals surface area (Å²) in [7, 11) is 0. The molecule has 1 aromatic carbocycles. The number of halogens is 5. The number of hydrogen-bond acceptors (Lipinski definition) is 2. The second kappa shape index (κ2) is 5.13. The molecule has 0 aliphatic carbocycles. The Kier molecular flexibility index (Phi) is 4.20. The lowest BCUT2D eigenvalue weighted by atomic mass is 10.1. The maximum absolute atomic E-state index is 13.2. The molecular weight excluding hydrogens is 275 g/mol. The van der Waals surface area contributed by atoms with Crippen LogP contribution in [-0.2, 0) is 11.4 Å². The Morgan fingerprint density at radius 1 is 0.778 bits per heavy atom. The molecule has 0 aliphatic heterocycles. The van der Waals surface area contributed by atoms with Crippen LogP contribution in [0.2, 0.25) is 0 Å². The summed E-state index contributed by atoms with van der Waals surface area (Å²) in [5, 5.41) is 0. The molecular formula is C10H9F5N2S. The van der Waals surface area contributed by atoms with E-state index in [-0.39, 0.29) is 0 Å². The van der Waals surface area contributed by atoms with Gasteiger partial charge in [0, 0.05) is 0 Å². The zero-order valence-electron chi connectivity index (χ0n) is 9.69. The lowest BCUT2D eigenvalue weighted by Crippen LogP contribution is -2.07. The Morgan fingerprint density at radius 2 is 1.17 bits per heavy atom. The van der Waals surface area contributed by atoms with Crippen molar-refractivity contribution in [1.29, 1.82) is 0 Å². The van der Waals surface area contributed by atoms with E-state index in [1.165, 1.54) is 0 Å². The lowest BCUT2D eigenvalue weighted by Gasteiger charge is -2.07. The third-order valence-electron chi connectivity index (χ3n) is 1.63. The molecule has 0 saturated carbocycles. The fourth-order valence-corrected chi connectivity index (χ4v) is 1.38. The van der Waals surface area contributed by atoms with Crippen molar-refractivity contribution < 1.29 is 22.0 Å². The monoisotopic (exact) mass is 284 g/mol. The zero-order chi connectivity index (χ0) is 14.1. The first-order valence-corrected chi connectivity index (χ1v) is 5.49. The molecule has 0 unspecified atom stereocenters. The van der Waals surface area contributed by atoms with Gasteiger partial charge >= 0.3 is 0 Å². The van der Waals surface area contributed by atoms with Gasteiger partial charge in [-0.05, 0) is 20.8 Å². The second-order valence-corrected chi connectivity index (χ2v) is 4.88. The molecule has 18 heavy (non-hydrogen) atoms. The van der Waals surface area contributed by atoms with Gasteiger partial charge in [0.25, 0.3) is 0 Å². The van der Waals surface area contributed by atoms with E-state index in [1.54, 1.807) is 20.8 Å². The fraction of sp³-hybridized carbons (Fsp3) is 0.400. The molecule has 0 amide bonds. The highest BCUT2D eigenvalue weighted by Gasteiger charge is 2.25. The zero-order valence-corrected chi connectivity index (χ0v) is 10.5. The molecule has 0 N–H and O–H groups in total. The summed E-state index contributed by atoms with van der Waals surface area (Å²) in [6, 6.07) is 0. The van der Waals surface area contributed by atoms with Crippen LogP contribution in [0.1, 0.15) is 20.8 Å². The highest BCUT2D eigenvalue weighted by Crippen LogP contribution is 2.29. The van der Waals surface area contributed by atoms with Gasteiger partial charge in [-0.2, -0.15) is 4.36 Å². The van der Waals surface area contributed by atoms with Crippen molar-refractivity contribution in [3.63, 3.8) is 0 Å². The molecule has 0 spiro atoms. The van der Waals surface area contributed by atoms with Gasteiger partial charge in [-0.15, -0.1) is 0 Å². The largest absolute Gasteiger partial charge is 0.207 e. The van der Waals surface area contributed by atoms with Crippen LogP contribution in [0.4, 0.5) is 27.6 Å². The maximum atomic E-state index is 13.2. The Labute approximate surface area is 104 Å². The number of nitrogens with zero attached hydrogens (tertiary/aromatic N) is 2. The van der Waals surface area contributed by atoms with E-state index in [0.717, 1.165) is 0 Å². The predicted molar refractivity (Wildman–Crippen MR) is 57.9 cm³/mol. The Hall–Kier alpha value is -1.31. The van der Waals surface area contributed by atoms with Crippen molar-refractivity contribution >= 4 is 17.0 Å². The van der Waals surface area contributed by atoms with E-state index >= 15 is 0 Å². The van der Waals surface area contributed by atoms with Crippen molar-refractivity contribution in [2.24, 2.45) is 8.73 Å². The molecule has 0 bridgehead atoms. The molecule has 100 valence electrons. The number of hydrogen-bond donors (Lipinski definition) is 0. The topological polar surface area (TPSA) is 24.7 Å². The second-order valence-electron chi connectivity index (χ2n) is 4.35. The van der Waals surface area contributed by atoms with Gasteiger partial charge in [0.05, 0.1) is 16.9 Å². The summed E-state index contributed by atoms with van der Waals surface area (Å²) in [6.45, 7) is 5.07. The average molecular weight is 284 g/mol. The van der Waals surface area contributed by atoms with E-state index in [1.807, 2.05) is 0 Å². The van der Waals surface area contributed by atoms with Crippen molar-refractivity contribution in [2.45, 2.75) is 26.3 Å². The molecule has 0 atom stereocenters. The highest BCUT2D eigenvalue weighted by molar-refractivity contribution is 7.57. The van der Waals surface area contributed by atoms with E-state index in [0.29, 0.717) is 11.4 Å². The summed E-state index contributed by atoms with van der Waals surface area (Å²) in [6.07, 6.45) is 0. The molecule has 1 aromatic rings. The van der Waals surface area contributed by atoms with Gasteiger partial charge in [-0.25, -0.2) is 26.3 Å². The molecule has 8 heteroatoms. The van der Waals surface area contributed by atoms with Crippen molar-refractivity contribution in [2.75, 3.05) is 0 Å². The quantitative estimate of drug-likeness (QED) is 0.418. The summed E-state index contributed by atoms with van der Waals surface area (Å²) in [5.74, 6) is -10.2. The smallest absolute Gasteiger partial charge is 0.200 e. The molecule has 1 rings (SSSR count). The van der Waals surface area contributed by atoms with Crippen molar-refractivity contribution in [1.82, 2.24) is 0 Å². The molecule has 0 saturated heterocycles. The van der Waals surface area contributed by atoms with E-state index in [9.17, 15) is 22.0 Å². The van der Waals surface area contributed by atoms with Crippen LogP contribution in [0.5, 0.6) is 0 Å². The van der Waals surface area contributed by atoms with Crippen molar-refractivity contribution in [3.05, 3.63) is 29.1 Å². The third kappa shape index (κ3) is 3.12. The first-order chi connectivity index (χ1) is 8.15. The minimum atomic E-state index is -2.21. The Morgan fingerprint density at radius 3 is 1.56 bits per heavy atom. The van der Waals surface area contributed by atoms with Gasteiger partial charge in [-0.1, -0.05) is 0 Å². The standard InChI is InChI=1S/C10H9F5N2S/c1-10(2,3)17-18-16-9-7(14)5(12)4(11)6(13)8(9)15/h1-3H3. The van der Waals surface area contributed by atoms with Crippen LogP contribution >= 0.6 is 0 Å². The van der Waals surface area contributed by atoms with E-state index < -0.39 is 40.3 Å². The van der Waals surface area contributed by atoms with Gasteiger partial charge in [0.15, 0.2) is 29.0 Å². The number of benzene rings is 1. The first-order valence-electron chi connectivity index (χ1n) is 4.76. The molecule has 0 aromatic heterocycles. The van der Waals surface area contributed by atoms with E-state index in [2.05, 4.69) is 8.73 Å². The maximum Gasteiger partial charge on any atom is 0.200 e. The van der Waals surface area contributed by atoms with Crippen LogP contribution in [0.25, 0.3) is 0 Å². The molecule has 0 radical (unpaired) electrons. The summed E-state index contributed by atoms with van der Waals surface area (Å²) in [4.78, 5) is 0. The minimum Gasteiger partial charge on any atom is -0.207 e.